The maximum atomic E-state index is 14.4. The van der Waals surface area contributed by atoms with Gasteiger partial charge in [-0.15, -0.1) is 16.4 Å². The molecule has 0 bridgehead atoms. The van der Waals surface area contributed by atoms with Gasteiger partial charge in [-0.2, -0.15) is 0 Å². The molecule has 47 heavy (non-hydrogen) atoms. The van der Waals surface area contributed by atoms with Gasteiger partial charge in [-0.05, 0) is 54.1 Å². The van der Waals surface area contributed by atoms with Crippen LogP contribution >= 0.6 is 11.3 Å². The topological polar surface area (TPSA) is 121 Å². The zero-order valence-corrected chi connectivity index (χ0v) is 26.8. The van der Waals surface area contributed by atoms with Crippen molar-refractivity contribution in [3.8, 4) is 28.5 Å². The molecule has 0 spiro atoms. The highest BCUT2D eigenvalue weighted by atomic mass is 32.1. The molecule has 0 radical (unpaired) electrons. The number of ether oxygens (including phenoxy) is 3. The lowest BCUT2D eigenvalue weighted by Crippen LogP contribution is -2.42. The fraction of sp³-hybridized carbons (Fsp3) is 0.171. The number of methoxy groups -OCH3 is 3. The summed E-state index contributed by atoms with van der Waals surface area (Å²) in [7, 11) is 4.63. The third-order valence-electron chi connectivity index (χ3n) is 7.59. The summed E-state index contributed by atoms with van der Waals surface area (Å²) in [5.74, 6) is 0.766. The van der Waals surface area contributed by atoms with E-state index in [1.807, 2.05) is 60.0 Å². The van der Waals surface area contributed by atoms with Crippen molar-refractivity contribution >= 4 is 39.9 Å². The van der Waals surface area contributed by atoms with Crippen LogP contribution in [0.1, 0.15) is 16.6 Å². The highest BCUT2D eigenvalue weighted by molar-refractivity contribution is 7.09. The first kappa shape index (κ1) is 31.2. The number of hydrogen-bond acceptors (Lipinski definition) is 9. The second kappa shape index (κ2) is 14.1. The van der Waals surface area contributed by atoms with E-state index in [1.165, 1.54) is 35.1 Å². The molecule has 1 N–H and O–H groups in total. The molecule has 11 nitrogen and oxygen atoms in total. The summed E-state index contributed by atoms with van der Waals surface area (Å²) in [5.41, 5.74) is 4.16. The molecule has 0 saturated heterocycles. The van der Waals surface area contributed by atoms with E-state index in [0.29, 0.717) is 44.5 Å². The number of carbonyl (C=O) groups excluding carboxylic acids is 2. The minimum absolute atomic E-state index is 0.0536. The molecule has 4 aromatic carbocycles. The fourth-order valence-corrected chi connectivity index (χ4v) is 6.03. The lowest BCUT2D eigenvalue weighted by atomic mass is 10.0. The SMILES string of the molecule is COc1ccc(NC(=O)C(c2ccc(OC)c(OC)c2)N(Cc2nc(-c3ccccc3)cs2)C(=O)Cn2nnc3ccccc32)cc1. The van der Waals surface area contributed by atoms with Crippen LogP contribution in [0.4, 0.5) is 5.69 Å². The number of amides is 2. The molecule has 6 aromatic rings. The molecule has 238 valence electrons. The van der Waals surface area contributed by atoms with Crippen LogP contribution in [0.2, 0.25) is 0 Å². The molecule has 0 fully saturated rings. The summed E-state index contributed by atoms with van der Waals surface area (Å²) < 4.78 is 17.9. The number of nitrogens with one attached hydrogen (secondary N) is 1. The summed E-state index contributed by atoms with van der Waals surface area (Å²) in [6, 6.07) is 28.3. The van der Waals surface area contributed by atoms with E-state index >= 15 is 0 Å². The lowest BCUT2D eigenvalue weighted by molar-refractivity contribution is -0.140. The number of benzene rings is 4. The van der Waals surface area contributed by atoms with Crippen molar-refractivity contribution in [2.75, 3.05) is 26.6 Å². The van der Waals surface area contributed by atoms with Crippen LogP contribution in [0.3, 0.4) is 0 Å². The standard InChI is InChI=1S/C35H32N6O5S/c1-44-26-16-14-25(15-17-26)36-35(43)34(24-13-18-30(45-2)31(19-24)46-3)40(20-32-37-28(22-47-32)23-9-5-4-6-10-23)33(42)21-41-29-12-8-7-11-27(29)38-39-41/h4-19,22,34H,20-21H2,1-3H3,(H,36,43). The Labute approximate surface area is 275 Å². The van der Waals surface area contributed by atoms with Gasteiger partial charge in [-0.1, -0.05) is 53.7 Å². The number of aromatic nitrogens is 4. The molecular weight excluding hydrogens is 616 g/mol. The second-order valence-electron chi connectivity index (χ2n) is 10.5. The van der Waals surface area contributed by atoms with E-state index in [-0.39, 0.29) is 19.0 Å². The van der Waals surface area contributed by atoms with E-state index in [4.69, 9.17) is 19.2 Å². The molecule has 2 amide bonds. The summed E-state index contributed by atoms with van der Waals surface area (Å²) in [5, 5.41) is 14.0. The number of carbonyl (C=O) groups is 2. The molecule has 2 heterocycles. The Hall–Kier alpha value is -5.75. The van der Waals surface area contributed by atoms with Crippen molar-refractivity contribution in [2.24, 2.45) is 0 Å². The van der Waals surface area contributed by atoms with Crippen LogP contribution in [0.5, 0.6) is 17.2 Å². The number of fused-ring (bicyclic) bond motifs is 1. The molecule has 0 aliphatic rings. The Balaban J connectivity index is 1.42. The van der Waals surface area contributed by atoms with Crippen LogP contribution in [0, 0.1) is 0 Å². The quantitative estimate of drug-likeness (QED) is 0.172. The van der Waals surface area contributed by atoms with Crippen LogP contribution in [-0.4, -0.2) is 58.0 Å². The van der Waals surface area contributed by atoms with Crippen molar-refractivity contribution < 1.29 is 23.8 Å². The van der Waals surface area contributed by atoms with E-state index < -0.39 is 11.9 Å². The van der Waals surface area contributed by atoms with Crippen molar-refractivity contribution in [3.63, 3.8) is 0 Å². The molecule has 1 unspecified atom stereocenters. The third-order valence-corrected chi connectivity index (χ3v) is 8.43. The molecule has 12 heteroatoms. The van der Waals surface area contributed by atoms with Gasteiger partial charge in [-0.25, -0.2) is 9.67 Å². The Kier molecular flexibility index (Phi) is 9.39. The van der Waals surface area contributed by atoms with Gasteiger partial charge in [0.25, 0.3) is 5.91 Å². The van der Waals surface area contributed by atoms with Gasteiger partial charge in [-0.3, -0.25) is 9.59 Å². The van der Waals surface area contributed by atoms with Gasteiger partial charge >= 0.3 is 0 Å². The molecule has 0 aliphatic heterocycles. The lowest BCUT2D eigenvalue weighted by Gasteiger charge is -2.31. The highest BCUT2D eigenvalue weighted by Crippen LogP contribution is 2.34. The van der Waals surface area contributed by atoms with Crippen LogP contribution in [0.15, 0.2) is 102 Å². The smallest absolute Gasteiger partial charge is 0.251 e. The fourth-order valence-electron chi connectivity index (χ4n) is 5.23. The van der Waals surface area contributed by atoms with Gasteiger partial charge in [0, 0.05) is 16.6 Å². The number of hydrogen-bond donors (Lipinski definition) is 1. The van der Waals surface area contributed by atoms with Gasteiger partial charge in [0.05, 0.1) is 39.1 Å². The molecular formula is C35H32N6O5S. The Morgan fingerprint density at radius 3 is 2.36 bits per heavy atom. The average molecular weight is 649 g/mol. The maximum Gasteiger partial charge on any atom is 0.251 e. The Morgan fingerprint density at radius 1 is 0.872 bits per heavy atom. The van der Waals surface area contributed by atoms with E-state index in [0.717, 1.165) is 11.3 Å². The van der Waals surface area contributed by atoms with Gasteiger partial charge < -0.3 is 24.4 Å². The number of nitrogens with zero attached hydrogens (tertiary/aromatic N) is 5. The predicted octanol–water partition coefficient (Wildman–Crippen LogP) is 5.99. The molecule has 0 saturated carbocycles. The number of anilines is 1. The largest absolute Gasteiger partial charge is 0.497 e. The van der Waals surface area contributed by atoms with Crippen molar-refractivity contribution in [2.45, 2.75) is 19.1 Å². The first-order valence-electron chi connectivity index (χ1n) is 14.7. The normalized spacial score (nSPS) is 11.6. The zero-order valence-electron chi connectivity index (χ0n) is 26.0. The van der Waals surface area contributed by atoms with Crippen molar-refractivity contribution in [3.05, 3.63) is 113 Å². The summed E-state index contributed by atoms with van der Waals surface area (Å²) >= 11 is 1.42. The summed E-state index contributed by atoms with van der Waals surface area (Å²) in [4.78, 5) is 35.1. The number of thiazole rings is 1. The third kappa shape index (κ3) is 6.92. The van der Waals surface area contributed by atoms with Crippen LogP contribution < -0.4 is 19.5 Å². The predicted molar refractivity (Wildman–Crippen MR) is 180 cm³/mol. The molecule has 1 atom stereocenters. The van der Waals surface area contributed by atoms with Crippen molar-refractivity contribution in [1.82, 2.24) is 24.9 Å². The number of para-hydroxylation sites is 1. The second-order valence-corrected chi connectivity index (χ2v) is 11.4. The van der Waals surface area contributed by atoms with Gasteiger partial charge in [0.15, 0.2) is 11.5 Å². The first-order chi connectivity index (χ1) is 23.0. The maximum absolute atomic E-state index is 14.4. The van der Waals surface area contributed by atoms with Gasteiger partial charge in [0.2, 0.25) is 5.91 Å². The molecule has 6 rings (SSSR count). The summed E-state index contributed by atoms with van der Waals surface area (Å²) in [6.45, 7) is -0.102. The van der Waals surface area contributed by atoms with E-state index in [1.54, 1.807) is 49.6 Å². The first-order valence-corrected chi connectivity index (χ1v) is 15.6. The summed E-state index contributed by atoms with van der Waals surface area (Å²) in [6.07, 6.45) is 0. The minimum Gasteiger partial charge on any atom is -0.497 e. The Morgan fingerprint density at radius 2 is 1.62 bits per heavy atom. The van der Waals surface area contributed by atoms with E-state index in [2.05, 4.69) is 15.6 Å². The van der Waals surface area contributed by atoms with Gasteiger partial charge in [0.1, 0.15) is 28.9 Å². The molecule has 2 aromatic heterocycles. The monoisotopic (exact) mass is 648 g/mol. The minimum atomic E-state index is -1.09. The Bertz CT molecular complexity index is 1990. The average Bonchev–Trinajstić information content (AvgIpc) is 3.76. The van der Waals surface area contributed by atoms with Crippen LogP contribution in [0.25, 0.3) is 22.3 Å². The zero-order chi connectivity index (χ0) is 32.8. The molecule has 0 aliphatic carbocycles. The highest BCUT2D eigenvalue weighted by Gasteiger charge is 2.34. The van der Waals surface area contributed by atoms with Crippen LogP contribution in [-0.2, 0) is 22.7 Å². The van der Waals surface area contributed by atoms with Crippen molar-refractivity contribution in [1.29, 1.82) is 0 Å². The van der Waals surface area contributed by atoms with E-state index in [9.17, 15) is 9.59 Å². The number of rotatable bonds is 12.